The Morgan fingerprint density at radius 3 is 2.39 bits per heavy atom. The molecule has 0 aliphatic heterocycles. The quantitative estimate of drug-likeness (QED) is 0.300. The van der Waals surface area contributed by atoms with Gasteiger partial charge in [0.25, 0.3) is 0 Å². The minimum Gasteiger partial charge on any atom is -0.485 e. The summed E-state index contributed by atoms with van der Waals surface area (Å²) in [6.07, 6.45) is 4.16. The van der Waals surface area contributed by atoms with E-state index in [0.717, 1.165) is 48.3 Å². The highest BCUT2D eigenvalue weighted by Gasteiger charge is 2.14. The predicted molar refractivity (Wildman–Crippen MR) is 128 cm³/mol. The second kappa shape index (κ2) is 9.69. The van der Waals surface area contributed by atoms with Gasteiger partial charge >= 0.3 is 0 Å². The van der Waals surface area contributed by atoms with Crippen LogP contribution in [0.1, 0.15) is 42.5 Å². The van der Waals surface area contributed by atoms with Crippen LogP contribution in [0.3, 0.4) is 0 Å². The summed E-state index contributed by atoms with van der Waals surface area (Å²) < 4.78 is 11.9. The maximum absolute atomic E-state index is 6.20. The van der Waals surface area contributed by atoms with Crippen molar-refractivity contribution in [2.45, 2.75) is 39.2 Å². The fourth-order valence-corrected chi connectivity index (χ4v) is 4.04. The van der Waals surface area contributed by atoms with Gasteiger partial charge < -0.3 is 9.15 Å². The number of H-pyrrole nitrogens is 1. The minimum absolute atomic E-state index is 0.285. The number of hydrogen-bond donors (Lipinski definition) is 1. The van der Waals surface area contributed by atoms with Crippen LogP contribution in [0.25, 0.3) is 22.1 Å². The molecule has 0 spiro atoms. The van der Waals surface area contributed by atoms with Crippen molar-refractivity contribution >= 4 is 11.0 Å². The number of para-hydroxylation sites is 1. The number of fused-ring (bicyclic) bond motifs is 1. The molecule has 0 aliphatic rings. The van der Waals surface area contributed by atoms with Crippen molar-refractivity contribution in [2.24, 2.45) is 0 Å². The van der Waals surface area contributed by atoms with E-state index in [1.807, 2.05) is 18.2 Å². The fourth-order valence-electron chi connectivity index (χ4n) is 4.04. The molecule has 6 nitrogen and oxygen atoms in total. The Morgan fingerprint density at radius 1 is 0.909 bits per heavy atom. The van der Waals surface area contributed by atoms with E-state index in [0.29, 0.717) is 5.82 Å². The molecule has 3 aromatic carbocycles. The fraction of sp³-hybridized carbons (Fsp3) is 0.222. The van der Waals surface area contributed by atoms with Gasteiger partial charge in [-0.2, -0.15) is 5.21 Å². The van der Waals surface area contributed by atoms with Gasteiger partial charge in [0, 0.05) is 23.8 Å². The number of furan rings is 1. The van der Waals surface area contributed by atoms with Crippen LogP contribution in [0.15, 0.2) is 77.2 Å². The molecule has 0 fully saturated rings. The average Bonchev–Trinajstić information content (AvgIpc) is 3.50. The normalized spacial score (nSPS) is 11.2. The van der Waals surface area contributed by atoms with Gasteiger partial charge in [-0.3, -0.25) is 0 Å². The number of aromatic amines is 1. The Bertz CT molecular complexity index is 1310. The summed E-state index contributed by atoms with van der Waals surface area (Å²) >= 11 is 0. The molecule has 5 aromatic rings. The van der Waals surface area contributed by atoms with E-state index in [9.17, 15) is 0 Å². The van der Waals surface area contributed by atoms with E-state index in [-0.39, 0.29) is 6.61 Å². The lowest BCUT2D eigenvalue weighted by Gasteiger charge is -2.08. The molecular weight excluding hydrogens is 412 g/mol. The highest BCUT2D eigenvalue weighted by Crippen LogP contribution is 2.30. The van der Waals surface area contributed by atoms with Crippen LogP contribution in [0.5, 0.6) is 5.75 Å². The Labute approximate surface area is 192 Å². The lowest BCUT2D eigenvalue weighted by atomic mass is 9.97. The zero-order valence-electron chi connectivity index (χ0n) is 18.6. The third-order valence-corrected chi connectivity index (χ3v) is 5.82. The van der Waals surface area contributed by atoms with Crippen molar-refractivity contribution in [3.05, 3.63) is 95.5 Å². The third-order valence-electron chi connectivity index (χ3n) is 5.82. The number of aryl methyl sites for hydroxylation is 1. The second-order valence-corrected chi connectivity index (χ2v) is 8.12. The van der Waals surface area contributed by atoms with E-state index in [4.69, 9.17) is 9.15 Å². The van der Waals surface area contributed by atoms with Gasteiger partial charge in [0.1, 0.15) is 17.1 Å². The maximum Gasteiger partial charge on any atom is 0.211 e. The standard InChI is InChI=1S/C27H26N4O2/c1-2-3-7-26-24(23-6-4-5-8-25(23)33-26)17-19-9-11-20(12-10-19)21-13-15-22(16-14-21)32-18-27-28-30-31-29-27/h4-6,8-16H,2-3,7,17-18H2,1H3,(H,28,29,30,31). The number of benzene rings is 3. The summed E-state index contributed by atoms with van der Waals surface area (Å²) in [5.41, 5.74) is 5.90. The zero-order chi connectivity index (χ0) is 22.5. The van der Waals surface area contributed by atoms with Crippen LogP contribution in [-0.2, 0) is 19.4 Å². The summed E-state index contributed by atoms with van der Waals surface area (Å²) in [6.45, 7) is 2.50. The van der Waals surface area contributed by atoms with Crippen LogP contribution < -0.4 is 4.74 Å². The van der Waals surface area contributed by atoms with Crippen molar-refractivity contribution in [2.75, 3.05) is 0 Å². The smallest absolute Gasteiger partial charge is 0.211 e. The van der Waals surface area contributed by atoms with E-state index in [1.165, 1.54) is 22.1 Å². The zero-order valence-corrected chi connectivity index (χ0v) is 18.6. The molecule has 0 aliphatic carbocycles. The van der Waals surface area contributed by atoms with Crippen molar-refractivity contribution in [3.8, 4) is 16.9 Å². The summed E-state index contributed by atoms with van der Waals surface area (Å²) in [5.74, 6) is 2.42. The van der Waals surface area contributed by atoms with Gasteiger partial charge in [-0.15, -0.1) is 10.2 Å². The Morgan fingerprint density at radius 2 is 1.67 bits per heavy atom. The first-order valence-electron chi connectivity index (χ1n) is 11.3. The molecule has 5 rings (SSSR count). The number of nitrogens with one attached hydrogen (secondary N) is 1. The third kappa shape index (κ3) is 4.80. The van der Waals surface area contributed by atoms with Crippen LogP contribution >= 0.6 is 0 Å². The Balaban J connectivity index is 1.30. The molecule has 166 valence electrons. The first kappa shape index (κ1) is 20.9. The molecule has 33 heavy (non-hydrogen) atoms. The van der Waals surface area contributed by atoms with Gasteiger partial charge in [0.05, 0.1) is 0 Å². The van der Waals surface area contributed by atoms with Crippen LogP contribution in [0.4, 0.5) is 0 Å². The Kier molecular flexibility index (Phi) is 6.15. The largest absolute Gasteiger partial charge is 0.485 e. The number of unbranched alkanes of at least 4 members (excludes halogenated alkanes) is 1. The minimum atomic E-state index is 0.285. The van der Waals surface area contributed by atoms with Crippen LogP contribution in [0.2, 0.25) is 0 Å². The predicted octanol–water partition coefficient (Wildman–Crippen LogP) is 6.13. The maximum atomic E-state index is 6.20. The van der Waals surface area contributed by atoms with Gasteiger partial charge in [0.2, 0.25) is 5.82 Å². The second-order valence-electron chi connectivity index (χ2n) is 8.12. The monoisotopic (exact) mass is 438 g/mol. The summed E-state index contributed by atoms with van der Waals surface area (Å²) in [5, 5.41) is 15.0. The molecule has 0 amide bonds. The lowest BCUT2D eigenvalue weighted by molar-refractivity contribution is 0.296. The number of hydrogen-bond acceptors (Lipinski definition) is 5. The molecule has 1 N–H and O–H groups in total. The van der Waals surface area contributed by atoms with E-state index in [1.54, 1.807) is 0 Å². The summed E-state index contributed by atoms with van der Waals surface area (Å²) in [4.78, 5) is 0. The highest BCUT2D eigenvalue weighted by molar-refractivity contribution is 5.82. The van der Waals surface area contributed by atoms with E-state index >= 15 is 0 Å². The molecule has 0 unspecified atom stereocenters. The van der Waals surface area contributed by atoms with Crippen molar-refractivity contribution < 1.29 is 9.15 Å². The molecule has 6 heteroatoms. The number of rotatable bonds is 9. The number of ether oxygens (including phenoxy) is 1. The van der Waals surface area contributed by atoms with Crippen molar-refractivity contribution in [1.29, 1.82) is 0 Å². The summed E-state index contributed by atoms with van der Waals surface area (Å²) in [7, 11) is 0. The highest BCUT2D eigenvalue weighted by atomic mass is 16.5. The first-order valence-corrected chi connectivity index (χ1v) is 11.3. The van der Waals surface area contributed by atoms with Gasteiger partial charge in [-0.1, -0.05) is 73.2 Å². The van der Waals surface area contributed by atoms with Gasteiger partial charge in [-0.05, 0) is 41.3 Å². The van der Waals surface area contributed by atoms with Crippen molar-refractivity contribution in [3.63, 3.8) is 0 Å². The molecule has 0 saturated heterocycles. The molecule has 2 aromatic heterocycles. The Hall–Kier alpha value is -3.93. The number of aromatic nitrogens is 4. The van der Waals surface area contributed by atoms with Crippen LogP contribution in [0, 0.1) is 0 Å². The van der Waals surface area contributed by atoms with Gasteiger partial charge in [0.15, 0.2) is 6.61 Å². The molecular formula is C27H26N4O2. The average molecular weight is 439 g/mol. The topological polar surface area (TPSA) is 76.8 Å². The molecule has 2 heterocycles. The van der Waals surface area contributed by atoms with Gasteiger partial charge in [-0.25, -0.2) is 0 Å². The molecule has 0 radical (unpaired) electrons. The molecule has 0 atom stereocenters. The molecule has 0 bridgehead atoms. The van der Waals surface area contributed by atoms with E-state index < -0.39 is 0 Å². The molecule has 0 saturated carbocycles. The van der Waals surface area contributed by atoms with Crippen LogP contribution in [-0.4, -0.2) is 20.6 Å². The lowest BCUT2D eigenvalue weighted by Crippen LogP contribution is -1.97. The first-order chi connectivity index (χ1) is 16.3. The SMILES string of the molecule is CCCCc1oc2ccccc2c1Cc1ccc(-c2ccc(OCc3nn[nH]n3)cc2)cc1. The van der Waals surface area contributed by atoms with Crippen molar-refractivity contribution in [1.82, 2.24) is 20.6 Å². The van der Waals surface area contributed by atoms with E-state index in [2.05, 4.69) is 82.1 Å². The number of nitrogens with zero attached hydrogens (tertiary/aromatic N) is 3. The summed E-state index contributed by atoms with van der Waals surface area (Å²) in [6, 6.07) is 25.2. The number of tetrazole rings is 1.